The van der Waals surface area contributed by atoms with Crippen molar-refractivity contribution in [2.45, 2.75) is 291 Å². The molecule has 0 rings (SSSR count). The molecule has 0 N–H and O–H groups in total. The first-order valence-corrected chi connectivity index (χ1v) is 25.7. The lowest BCUT2D eigenvalue weighted by Crippen LogP contribution is -2.30. The second-order valence-electron chi connectivity index (χ2n) is 18.8. The van der Waals surface area contributed by atoms with E-state index in [4.69, 9.17) is 14.2 Å². The lowest BCUT2D eigenvalue weighted by atomic mass is 10.0. The van der Waals surface area contributed by atoms with Gasteiger partial charge in [0, 0.05) is 19.3 Å². The fourth-order valence-corrected chi connectivity index (χ4v) is 7.81. The Kier molecular flexibility index (Phi) is 43.7. The number of unbranched alkanes of at least 4 members (excludes halogenated alkanes) is 31. The summed E-state index contributed by atoms with van der Waals surface area (Å²) in [5.41, 5.74) is 0. The third kappa shape index (κ3) is 45.5. The normalized spacial score (nSPS) is 12.1. The van der Waals surface area contributed by atoms with Crippen LogP contribution in [0.25, 0.3) is 0 Å². The summed E-state index contributed by atoms with van der Waals surface area (Å²) < 4.78 is 16.8. The number of esters is 3. The molecule has 0 aromatic rings. The Labute approximate surface area is 361 Å². The predicted molar refractivity (Wildman–Crippen MR) is 247 cm³/mol. The molecule has 58 heavy (non-hydrogen) atoms. The first kappa shape index (κ1) is 56.4. The molecule has 0 aromatic heterocycles. The third-order valence-corrected chi connectivity index (χ3v) is 11.7. The van der Waals surface area contributed by atoms with Crippen LogP contribution in [0.1, 0.15) is 285 Å². The second-order valence-corrected chi connectivity index (χ2v) is 18.8. The molecule has 1 atom stereocenters. The molecule has 0 radical (unpaired) electrons. The fraction of sp³-hybridized carbons (Fsp3) is 0.942. The topological polar surface area (TPSA) is 78.9 Å². The van der Waals surface area contributed by atoms with Crippen LogP contribution >= 0.6 is 0 Å². The van der Waals surface area contributed by atoms with Crippen LogP contribution in [0.5, 0.6) is 0 Å². The Morgan fingerprint density at radius 2 is 0.569 bits per heavy atom. The fourth-order valence-electron chi connectivity index (χ4n) is 7.81. The van der Waals surface area contributed by atoms with Gasteiger partial charge in [-0.3, -0.25) is 14.4 Å². The van der Waals surface area contributed by atoms with E-state index in [0.29, 0.717) is 19.3 Å². The van der Waals surface area contributed by atoms with E-state index in [1.54, 1.807) is 0 Å². The van der Waals surface area contributed by atoms with Crippen molar-refractivity contribution in [1.29, 1.82) is 0 Å². The zero-order valence-corrected chi connectivity index (χ0v) is 39.7. The highest BCUT2D eigenvalue weighted by atomic mass is 16.6. The van der Waals surface area contributed by atoms with Crippen molar-refractivity contribution in [3.05, 3.63) is 0 Å². The van der Waals surface area contributed by atoms with Crippen LogP contribution in [0.2, 0.25) is 0 Å². The highest BCUT2D eigenvalue weighted by Gasteiger charge is 2.19. The van der Waals surface area contributed by atoms with Gasteiger partial charge >= 0.3 is 17.9 Å². The molecule has 0 saturated carbocycles. The minimum atomic E-state index is -0.761. The Balaban J connectivity index is 4.32. The summed E-state index contributed by atoms with van der Waals surface area (Å²) >= 11 is 0. The van der Waals surface area contributed by atoms with Crippen LogP contribution < -0.4 is 0 Å². The van der Waals surface area contributed by atoms with E-state index < -0.39 is 6.10 Å². The molecule has 0 aromatic carbocycles. The van der Waals surface area contributed by atoms with Crippen molar-refractivity contribution in [3.63, 3.8) is 0 Å². The van der Waals surface area contributed by atoms with Crippen molar-refractivity contribution in [2.75, 3.05) is 13.2 Å². The first-order valence-electron chi connectivity index (χ1n) is 25.7. The van der Waals surface area contributed by atoms with Crippen molar-refractivity contribution in [2.24, 2.45) is 11.8 Å². The average Bonchev–Trinajstić information content (AvgIpc) is 3.19. The van der Waals surface area contributed by atoms with E-state index in [1.165, 1.54) is 173 Å². The van der Waals surface area contributed by atoms with Crippen molar-refractivity contribution in [1.82, 2.24) is 0 Å². The Bertz CT molecular complexity index is 885. The van der Waals surface area contributed by atoms with Crippen molar-refractivity contribution < 1.29 is 28.6 Å². The lowest BCUT2D eigenvalue weighted by molar-refractivity contribution is -0.167. The number of hydrogen-bond donors (Lipinski definition) is 0. The Morgan fingerprint density at radius 3 is 0.845 bits per heavy atom. The quantitative estimate of drug-likeness (QED) is 0.0346. The molecule has 6 nitrogen and oxygen atoms in total. The van der Waals surface area contributed by atoms with E-state index in [0.717, 1.165) is 69.6 Å². The number of hydrogen-bond acceptors (Lipinski definition) is 6. The Morgan fingerprint density at radius 1 is 0.328 bits per heavy atom. The van der Waals surface area contributed by atoms with E-state index in [9.17, 15) is 14.4 Å². The second kappa shape index (κ2) is 44.9. The van der Waals surface area contributed by atoms with Gasteiger partial charge in [0.1, 0.15) is 13.2 Å². The number of carbonyl (C=O) groups is 3. The van der Waals surface area contributed by atoms with Gasteiger partial charge in [0.25, 0.3) is 0 Å². The molecule has 0 spiro atoms. The average molecular weight is 821 g/mol. The van der Waals surface area contributed by atoms with Crippen molar-refractivity contribution >= 4 is 17.9 Å². The van der Waals surface area contributed by atoms with Gasteiger partial charge in [0.2, 0.25) is 0 Å². The summed E-state index contributed by atoms with van der Waals surface area (Å²) in [7, 11) is 0. The van der Waals surface area contributed by atoms with Crippen LogP contribution in [-0.2, 0) is 28.6 Å². The molecule has 344 valence electrons. The summed E-state index contributed by atoms with van der Waals surface area (Å²) in [5.74, 6) is 0.778. The number of carbonyl (C=O) groups excluding carboxylic acids is 3. The predicted octanol–water partition coefficient (Wildman–Crippen LogP) is 16.5. The van der Waals surface area contributed by atoms with Gasteiger partial charge in [-0.15, -0.1) is 0 Å². The van der Waals surface area contributed by atoms with E-state index in [1.807, 2.05) is 0 Å². The smallest absolute Gasteiger partial charge is 0.306 e. The summed E-state index contributed by atoms with van der Waals surface area (Å²) in [6, 6.07) is 0. The maximum Gasteiger partial charge on any atom is 0.306 e. The van der Waals surface area contributed by atoms with Crippen LogP contribution in [-0.4, -0.2) is 37.2 Å². The molecule has 0 fully saturated rings. The van der Waals surface area contributed by atoms with Gasteiger partial charge < -0.3 is 14.2 Å². The molecule has 0 unspecified atom stereocenters. The van der Waals surface area contributed by atoms with Gasteiger partial charge in [-0.2, -0.15) is 0 Å². The van der Waals surface area contributed by atoms with E-state index >= 15 is 0 Å². The largest absolute Gasteiger partial charge is 0.462 e. The van der Waals surface area contributed by atoms with Crippen LogP contribution in [0.15, 0.2) is 0 Å². The first-order chi connectivity index (χ1) is 28.2. The maximum absolute atomic E-state index is 12.8. The lowest BCUT2D eigenvalue weighted by Gasteiger charge is -2.18. The summed E-state index contributed by atoms with van der Waals surface area (Å²) in [4.78, 5) is 37.9. The maximum atomic E-state index is 12.8. The Hall–Kier alpha value is -1.59. The van der Waals surface area contributed by atoms with E-state index in [2.05, 4.69) is 34.6 Å². The summed E-state index contributed by atoms with van der Waals surface area (Å²) in [5, 5.41) is 0. The SMILES string of the molecule is CCCCCCCCCCCCCCCCCC(=O)O[C@H](COC(=O)CCCCCCCCCCCCC(C)C)COC(=O)CCCCCCCCCCCC(C)C. The summed E-state index contributed by atoms with van der Waals surface area (Å²) in [6.07, 6.45) is 45.2. The molecular formula is C52H100O6. The molecular weight excluding hydrogens is 721 g/mol. The highest BCUT2D eigenvalue weighted by Crippen LogP contribution is 2.17. The standard InChI is InChI=1S/C52H100O6/c1-6-7-8-9-10-11-12-13-14-15-16-23-29-34-39-44-52(55)58-49(46-57-51(54)43-38-33-28-24-19-21-26-31-36-41-48(4)5)45-56-50(53)42-37-32-27-22-18-17-20-25-30-35-40-47(2)3/h47-49H,6-46H2,1-5H3/t49-/m1/s1. The van der Waals surface area contributed by atoms with Gasteiger partial charge in [-0.25, -0.2) is 0 Å². The zero-order chi connectivity index (χ0) is 42.6. The molecule has 0 aliphatic heterocycles. The zero-order valence-electron chi connectivity index (χ0n) is 39.7. The monoisotopic (exact) mass is 821 g/mol. The van der Waals surface area contributed by atoms with Gasteiger partial charge in [0.05, 0.1) is 0 Å². The van der Waals surface area contributed by atoms with Crippen LogP contribution in [0, 0.1) is 11.8 Å². The molecule has 6 heteroatoms. The number of ether oxygens (including phenoxy) is 3. The number of rotatable bonds is 46. The minimum Gasteiger partial charge on any atom is -0.462 e. The van der Waals surface area contributed by atoms with Crippen LogP contribution in [0.4, 0.5) is 0 Å². The highest BCUT2D eigenvalue weighted by molar-refractivity contribution is 5.71. The molecule has 0 amide bonds. The molecule has 0 aliphatic carbocycles. The van der Waals surface area contributed by atoms with Gasteiger partial charge in [0.15, 0.2) is 6.10 Å². The molecule has 0 saturated heterocycles. The van der Waals surface area contributed by atoms with Gasteiger partial charge in [-0.05, 0) is 31.1 Å². The summed E-state index contributed by atoms with van der Waals surface area (Å²) in [6.45, 7) is 11.3. The molecule has 0 aliphatic rings. The van der Waals surface area contributed by atoms with Crippen LogP contribution in [0.3, 0.4) is 0 Å². The molecule has 0 bridgehead atoms. The van der Waals surface area contributed by atoms with Gasteiger partial charge in [-0.1, -0.05) is 247 Å². The van der Waals surface area contributed by atoms with E-state index in [-0.39, 0.29) is 31.1 Å². The minimum absolute atomic E-state index is 0.0641. The third-order valence-electron chi connectivity index (χ3n) is 11.7. The van der Waals surface area contributed by atoms with Crippen molar-refractivity contribution in [3.8, 4) is 0 Å². The molecule has 0 heterocycles.